The highest BCUT2D eigenvalue weighted by Crippen LogP contribution is 2.17. The molecular weight excluding hydrogens is 675 g/mol. The lowest BCUT2D eigenvalue weighted by molar-refractivity contribution is -0.123. The molecule has 0 radical (unpaired) electrons. The van der Waals surface area contributed by atoms with Crippen LogP contribution in [0.4, 0.5) is 0 Å². The van der Waals surface area contributed by atoms with Crippen molar-refractivity contribution in [2.24, 2.45) is 0 Å². The van der Waals surface area contributed by atoms with Crippen molar-refractivity contribution in [1.82, 2.24) is 5.32 Å². The largest absolute Gasteiger partial charge is 0.394 e. The van der Waals surface area contributed by atoms with Crippen LogP contribution in [0, 0.1) is 0 Å². The van der Waals surface area contributed by atoms with Crippen molar-refractivity contribution in [2.45, 2.75) is 302 Å². The van der Waals surface area contributed by atoms with Gasteiger partial charge in [-0.05, 0) is 38.5 Å². The van der Waals surface area contributed by atoms with E-state index in [1.165, 1.54) is 238 Å². The van der Waals surface area contributed by atoms with E-state index in [0.29, 0.717) is 12.8 Å². The Morgan fingerprint density at radius 2 is 0.691 bits per heavy atom. The molecule has 0 aromatic heterocycles. The molecule has 2 atom stereocenters. The molecule has 0 fully saturated rings. The fraction of sp³-hybridized carbons (Fsp3) is 0.941. The van der Waals surface area contributed by atoms with Crippen molar-refractivity contribution in [2.75, 3.05) is 6.61 Å². The van der Waals surface area contributed by atoms with Gasteiger partial charge in [-0.1, -0.05) is 257 Å². The first kappa shape index (κ1) is 54.1. The number of hydrogen-bond donors (Lipinski definition) is 3. The van der Waals surface area contributed by atoms with E-state index >= 15 is 0 Å². The fourth-order valence-corrected chi connectivity index (χ4v) is 8.12. The third-order valence-electron chi connectivity index (χ3n) is 12.0. The van der Waals surface area contributed by atoms with E-state index in [4.69, 9.17) is 0 Å². The van der Waals surface area contributed by atoms with Crippen LogP contribution in [0.15, 0.2) is 12.2 Å². The average molecular weight is 776 g/mol. The Morgan fingerprint density at radius 3 is 1.00 bits per heavy atom. The van der Waals surface area contributed by atoms with Crippen LogP contribution in [0.2, 0.25) is 0 Å². The summed E-state index contributed by atoms with van der Waals surface area (Å²) in [6, 6.07) is -0.536. The van der Waals surface area contributed by atoms with Crippen molar-refractivity contribution in [3.8, 4) is 0 Å². The molecule has 328 valence electrons. The molecular formula is C51H101NO3. The number of allylic oxidation sites excluding steroid dienone is 2. The number of hydrogen-bond acceptors (Lipinski definition) is 3. The molecule has 0 saturated carbocycles. The van der Waals surface area contributed by atoms with Crippen molar-refractivity contribution in [3.05, 3.63) is 12.2 Å². The molecule has 3 N–H and O–H groups in total. The Bertz CT molecular complexity index is 754. The quantitative estimate of drug-likeness (QED) is 0.0426. The second-order valence-electron chi connectivity index (χ2n) is 17.6. The van der Waals surface area contributed by atoms with Gasteiger partial charge in [0.1, 0.15) is 0 Å². The minimum atomic E-state index is -0.659. The Labute approximate surface area is 346 Å². The van der Waals surface area contributed by atoms with E-state index in [1.807, 2.05) is 0 Å². The lowest BCUT2D eigenvalue weighted by Crippen LogP contribution is -2.45. The predicted molar refractivity (Wildman–Crippen MR) is 244 cm³/mol. The van der Waals surface area contributed by atoms with Gasteiger partial charge in [-0.3, -0.25) is 4.79 Å². The highest BCUT2D eigenvalue weighted by molar-refractivity contribution is 5.76. The third kappa shape index (κ3) is 44.1. The smallest absolute Gasteiger partial charge is 0.220 e. The summed E-state index contributed by atoms with van der Waals surface area (Å²) in [4.78, 5) is 12.4. The molecule has 4 heteroatoms. The number of aliphatic hydroxyl groups is 2. The molecule has 0 heterocycles. The van der Waals surface area contributed by atoms with E-state index in [0.717, 1.165) is 25.7 Å². The molecule has 0 aliphatic rings. The van der Waals surface area contributed by atoms with Gasteiger partial charge in [-0.15, -0.1) is 0 Å². The molecule has 0 aromatic rings. The average Bonchev–Trinajstić information content (AvgIpc) is 3.19. The molecule has 0 aliphatic carbocycles. The standard InChI is InChI=1S/C51H101NO3/c1-3-5-7-9-11-13-15-17-19-21-23-25-26-27-28-30-32-34-36-38-40-42-44-46-50(54)49(48-53)52-51(55)47-45-43-41-39-37-35-33-31-29-24-22-20-18-16-14-12-10-8-6-4-2/h24,29,49-50,53-54H,3-23,25-28,30-48H2,1-2H3,(H,52,55)/b29-24-. The summed E-state index contributed by atoms with van der Waals surface area (Å²) < 4.78 is 0. The summed E-state index contributed by atoms with van der Waals surface area (Å²) in [5.74, 6) is -0.0309. The summed E-state index contributed by atoms with van der Waals surface area (Å²) in [7, 11) is 0. The second kappa shape index (κ2) is 47.5. The number of unbranched alkanes of at least 4 members (excludes halogenated alkanes) is 38. The van der Waals surface area contributed by atoms with E-state index in [2.05, 4.69) is 31.3 Å². The first-order chi connectivity index (χ1) is 27.2. The first-order valence-electron chi connectivity index (χ1n) is 25.4. The van der Waals surface area contributed by atoms with Crippen molar-refractivity contribution in [1.29, 1.82) is 0 Å². The van der Waals surface area contributed by atoms with Crippen molar-refractivity contribution in [3.63, 3.8) is 0 Å². The fourth-order valence-electron chi connectivity index (χ4n) is 8.12. The van der Waals surface area contributed by atoms with Crippen molar-refractivity contribution >= 4 is 5.91 Å². The lowest BCUT2D eigenvalue weighted by Gasteiger charge is -2.22. The number of rotatable bonds is 47. The van der Waals surface area contributed by atoms with Crippen LogP contribution in [0.3, 0.4) is 0 Å². The van der Waals surface area contributed by atoms with E-state index < -0.39 is 12.1 Å². The normalized spacial score (nSPS) is 12.9. The first-order valence-corrected chi connectivity index (χ1v) is 25.4. The lowest BCUT2D eigenvalue weighted by atomic mass is 10.0. The summed E-state index contributed by atoms with van der Waals surface area (Å²) in [5, 5.41) is 23.3. The summed E-state index contributed by atoms with van der Waals surface area (Å²) in [6.07, 6.45) is 60.3. The van der Waals surface area contributed by atoms with Crippen molar-refractivity contribution < 1.29 is 15.0 Å². The Hall–Kier alpha value is -0.870. The zero-order chi connectivity index (χ0) is 40.0. The number of carbonyl (C=O) groups is 1. The van der Waals surface area contributed by atoms with Gasteiger partial charge in [0.2, 0.25) is 5.91 Å². The van der Waals surface area contributed by atoms with Crippen LogP contribution in [-0.4, -0.2) is 34.9 Å². The van der Waals surface area contributed by atoms with E-state index in [1.54, 1.807) is 0 Å². The van der Waals surface area contributed by atoms with Gasteiger partial charge in [-0.2, -0.15) is 0 Å². The minimum Gasteiger partial charge on any atom is -0.394 e. The number of carbonyl (C=O) groups excluding carboxylic acids is 1. The minimum absolute atomic E-state index is 0.0309. The molecule has 0 rings (SSSR count). The summed E-state index contributed by atoms with van der Waals surface area (Å²) in [5.41, 5.74) is 0. The monoisotopic (exact) mass is 776 g/mol. The zero-order valence-electron chi connectivity index (χ0n) is 37.7. The van der Waals surface area contributed by atoms with E-state index in [9.17, 15) is 15.0 Å². The molecule has 1 amide bonds. The summed E-state index contributed by atoms with van der Waals surface area (Å²) >= 11 is 0. The van der Waals surface area contributed by atoms with Crippen LogP contribution in [0.25, 0.3) is 0 Å². The molecule has 4 nitrogen and oxygen atoms in total. The molecule has 0 aliphatic heterocycles. The van der Waals surface area contributed by atoms with Crippen LogP contribution in [-0.2, 0) is 4.79 Å². The Kier molecular flexibility index (Phi) is 46.8. The Balaban J connectivity index is 3.46. The maximum absolute atomic E-state index is 12.4. The molecule has 0 saturated heterocycles. The van der Waals surface area contributed by atoms with Gasteiger partial charge in [0, 0.05) is 6.42 Å². The highest BCUT2D eigenvalue weighted by atomic mass is 16.3. The van der Waals surface area contributed by atoms with Crippen LogP contribution in [0.1, 0.15) is 290 Å². The number of aliphatic hydroxyl groups excluding tert-OH is 2. The second-order valence-corrected chi connectivity index (χ2v) is 17.6. The molecule has 55 heavy (non-hydrogen) atoms. The summed E-state index contributed by atoms with van der Waals surface area (Å²) in [6.45, 7) is 4.39. The van der Waals surface area contributed by atoms with Gasteiger partial charge in [0.05, 0.1) is 18.8 Å². The van der Waals surface area contributed by atoms with Gasteiger partial charge in [0.15, 0.2) is 0 Å². The van der Waals surface area contributed by atoms with Gasteiger partial charge in [0.25, 0.3) is 0 Å². The number of amides is 1. The van der Waals surface area contributed by atoms with Gasteiger partial charge in [-0.25, -0.2) is 0 Å². The Morgan fingerprint density at radius 1 is 0.418 bits per heavy atom. The molecule has 0 bridgehead atoms. The van der Waals surface area contributed by atoms with Crippen LogP contribution >= 0.6 is 0 Å². The SMILES string of the molecule is CCCCCCCCCCC/C=C\CCCCCCCCCC(=O)NC(CO)C(O)CCCCCCCCCCCCCCCCCCCCCCCCC. The third-order valence-corrected chi connectivity index (χ3v) is 12.0. The highest BCUT2D eigenvalue weighted by Gasteiger charge is 2.20. The van der Waals surface area contributed by atoms with E-state index in [-0.39, 0.29) is 12.5 Å². The predicted octanol–water partition coefficient (Wildman–Crippen LogP) is 16.2. The van der Waals surface area contributed by atoms with Gasteiger partial charge >= 0.3 is 0 Å². The maximum atomic E-state index is 12.4. The maximum Gasteiger partial charge on any atom is 0.220 e. The topological polar surface area (TPSA) is 69.6 Å². The zero-order valence-corrected chi connectivity index (χ0v) is 37.7. The van der Waals surface area contributed by atoms with Crippen LogP contribution in [0.5, 0.6) is 0 Å². The number of nitrogens with one attached hydrogen (secondary N) is 1. The molecule has 0 aromatic carbocycles. The molecule has 2 unspecified atom stereocenters. The van der Waals surface area contributed by atoms with Gasteiger partial charge < -0.3 is 15.5 Å². The molecule has 0 spiro atoms. The van der Waals surface area contributed by atoms with Crippen LogP contribution < -0.4 is 5.32 Å².